The number of rotatable bonds is 1. The van der Waals surface area contributed by atoms with Gasteiger partial charge in [-0.3, -0.25) is 9.78 Å². The van der Waals surface area contributed by atoms with E-state index in [1.807, 2.05) is 0 Å². The molecule has 0 saturated carbocycles. The molecule has 2 rings (SSSR count). The van der Waals surface area contributed by atoms with E-state index in [1.165, 1.54) is 30.5 Å². The molecule has 0 spiro atoms. The van der Waals surface area contributed by atoms with Crippen molar-refractivity contribution >= 4 is 0 Å². The maximum absolute atomic E-state index is 13.3. The van der Waals surface area contributed by atoms with Gasteiger partial charge in [-0.25, -0.2) is 4.39 Å². The molecule has 0 radical (unpaired) electrons. The largest absolute Gasteiger partial charge is 0.870 e. The van der Waals surface area contributed by atoms with Crippen LogP contribution in [0.15, 0.2) is 41.5 Å². The lowest BCUT2D eigenvalue weighted by Gasteiger charge is -2.04. The highest BCUT2D eigenvalue weighted by Gasteiger charge is 2.05. The summed E-state index contributed by atoms with van der Waals surface area (Å²) in [6.45, 7) is 1.62. The zero-order chi connectivity index (χ0) is 12.4. The van der Waals surface area contributed by atoms with Gasteiger partial charge in [-0.2, -0.15) is 0 Å². The second-order valence-electron chi connectivity index (χ2n) is 3.64. The van der Waals surface area contributed by atoms with Crippen LogP contribution in [0.2, 0.25) is 0 Å². The highest BCUT2D eigenvalue weighted by Crippen LogP contribution is 2.23. The van der Waals surface area contributed by atoms with Crippen LogP contribution in [-0.4, -0.2) is 4.98 Å². The number of pyridine rings is 1. The van der Waals surface area contributed by atoms with Gasteiger partial charge in [0.2, 0.25) is 0 Å². The van der Waals surface area contributed by atoms with Gasteiger partial charge in [0.1, 0.15) is 5.82 Å². The summed E-state index contributed by atoms with van der Waals surface area (Å²) in [6, 6.07) is 5.35. The Balaban J connectivity index is 2.66. The number of nitrogens with zero attached hydrogens (tertiary/aromatic N) is 1. The van der Waals surface area contributed by atoms with Gasteiger partial charge in [0.15, 0.2) is 5.43 Å². The molecule has 0 fully saturated rings. The quantitative estimate of drug-likeness (QED) is 0.748. The van der Waals surface area contributed by atoms with Crippen LogP contribution in [0, 0.1) is 12.7 Å². The number of hydrogen-bond donors (Lipinski definition) is 0. The normalized spacial score (nSPS) is 10.2. The molecule has 1 heterocycles. The van der Waals surface area contributed by atoms with Gasteiger partial charge >= 0.3 is 0 Å². The molecule has 1 aromatic carbocycles. The van der Waals surface area contributed by atoms with Crippen LogP contribution in [0.1, 0.15) is 5.56 Å². The molecule has 2 aromatic rings. The van der Waals surface area contributed by atoms with E-state index in [0.29, 0.717) is 16.7 Å². The van der Waals surface area contributed by atoms with Crippen molar-refractivity contribution in [1.29, 1.82) is 0 Å². The monoisotopic (exact) mass is 230 g/mol. The van der Waals surface area contributed by atoms with Crippen molar-refractivity contribution in [2.24, 2.45) is 0 Å². The van der Waals surface area contributed by atoms with Crippen molar-refractivity contribution in [3.05, 3.63) is 58.3 Å². The minimum atomic E-state index is -0.585. The third kappa shape index (κ3) is 2.15. The first-order valence-corrected chi connectivity index (χ1v) is 5.01. The van der Waals surface area contributed by atoms with Gasteiger partial charge in [-0.1, -0.05) is 23.9 Å². The van der Waals surface area contributed by atoms with Crippen LogP contribution in [0.4, 0.5) is 4.39 Å². The Morgan fingerprint density at radius 3 is 2.65 bits per heavy atom. The predicted octanol–water partition coefficient (Wildman–Crippen LogP) is 1.63. The van der Waals surface area contributed by atoms with E-state index in [0.717, 1.165) is 6.20 Å². The molecular formula is C13H9FNO2-. The van der Waals surface area contributed by atoms with Gasteiger partial charge in [-0.05, 0) is 24.1 Å². The summed E-state index contributed by atoms with van der Waals surface area (Å²) in [5.74, 6) is -1.00. The van der Waals surface area contributed by atoms with E-state index >= 15 is 0 Å². The van der Waals surface area contributed by atoms with Crippen molar-refractivity contribution in [1.82, 2.24) is 4.98 Å². The van der Waals surface area contributed by atoms with Crippen molar-refractivity contribution in [3.8, 4) is 16.9 Å². The van der Waals surface area contributed by atoms with Gasteiger partial charge in [0.05, 0.1) is 6.20 Å². The highest BCUT2D eigenvalue weighted by molar-refractivity contribution is 5.66. The standard InChI is InChI=1S/C13H10FNO2/c1-8-10(6-15-7-11(8)14)9-2-4-12(16)13(17)5-3-9/h2-7H,1H3,(H,16,17)/p-1. The summed E-state index contributed by atoms with van der Waals surface area (Å²) in [7, 11) is 0. The summed E-state index contributed by atoms with van der Waals surface area (Å²) in [6.07, 6.45) is 2.63. The van der Waals surface area contributed by atoms with Crippen LogP contribution in [0.5, 0.6) is 5.75 Å². The van der Waals surface area contributed by atoms with Crippen molar-refractivity contribution in [3.63, 3.8) is 0 Å². The highest BCUT2D eigenvalue weighted by atomic mass is 19.1. The Morgan fingerprint density at radius 1 is 1.18 bits per heavy atom. The molecule has 3 nitrogen and oxygen atoms in total. The molecule has 86 valence electrons. The number of hydrogen-bond acceptors (Lipinski definition) is 3. The summed E-state index contributed by atoms with van der Waals surface area (Å²) in [4.78, 5) is 14.9. The third-order valence-electron chi connectivity index (χ3n) is 2.54. The molecule has 0 aliphatic rings. The number of halogens is 1. The van der Waals surface area contributed by atoms with Crippen molar-refractivity contribution in [2.75, 3.05) is 0 Å². The van der Waals surface area contributed by atoms with E-state index < -0.39 is 17.0 Å². The SMILES string of the molecule is Cc1c(F)cncc1-c1ccc([O-])c(=O)cc1. The van der Waals surface area contributed by atoms with Crippen molar-refractivity contribution in [2.45, 2.75) is 6.92 Å². The van der Waals surface area contributed by atoms with Gasteiger partial charge in [0.25, 0.3) is 0 Å². The fourth-order valence-corrected chi connectivity index (χ4v) is 1.52. The zero-order valence-corrected chi connectivity index (χ0v) is 9.11. The van der Waals surface area contributed by atoms with Gasteiger partial charge in [-0.15, -0.1) is 0 Å². The Bertz CT molecular complexity index is 626. The van der Waals surface area contributed by atoms with Crippen LogP contribution in [0.3, 0.4) is 0 Å². The Labute approximate surface area is 97.2 Å². The molecule has 0 atom stereocenters. The van der Waals surface area contributed by atoms with Gasteiger partial charge < -0.3 is 5.11 Å². The molecule has 0 aliphatic heterocycles. The Hall–Kier alpha value is -2.23. The molecule has 1 aromatic heterocycles. The fourth-order valence-electron chi connectivity index (χ4n) is 1.52. The average Bonchev–Trinajstić information content (AvgIpc) is 2.47. The first kappa shape index (κ1) is 11.3. The molecular weight excluding hydrogens is 221 g/mol. The van der Waals surface area contributed by atoms with E-state index in [2.05, 4.69) is 4.98 Å². The lowest BCUT2D eigenvalue weighted by atomic mass is 10.0. The Kier molecular flexibility index (Phi) is 2.87. The lowest BCUT2D eigenvalue weighted by molar-refractivity contribution is -0.269. The predicted molar refractivity (Wildman–Crippen MR) is 60.1 cm³/mol. The minimum absolute atomic E-state index is 0.418. The third-order valence-corrected chi connectivity index (χ3v) is 2.54. The molecule has 0 aliphatic carbocycles. The van der Waals surface area contributed by atoms with Crippen molar-refractivity contribution < 1.29 is 9.50 Å². The minimum Gasteiger partial charge on any atom is -0.870 e. The molecule has 0 unspecified atom stereocenters. The summed E-state index contributed by atoms with van der Waals surface area (Å²) in [5, 5.41) is 11.2. The zero-order valence-electron chi connectivity index (χ0n) is 9.11. The topological polar surface area (TPSA) is 53.0 Å². The van der Waals surface area contributed by atoms with E-state index in [-0.39, 0.29) is 0 Å². The van der Waals surface area contributed by atoms with Crippen LogP contribution in [0.25, 0.3) is 11.1 Å². The summed E-state index contributed by atoms with van der Waals surface area (Å²) in [5.41, 5.74) is 1.01. The molecule has 0 bridgehead atoms. The van der Waals surface area contributed by atoms with E-state index in [9.17, 15) is 14.3 Å². The summed E-state index contributed by atoms with van der Waals surface area (Å²) < 4.78 is 13.3. The average molecular weight is 230 g/mol. The fraction of sp³-hybridized carbons (Fsp3) is 0.0769. The smallest absolute Gasteiger partial charge is 0.170 e. The maximum Gasteiger partial charge on any atom is 0.170 e. The van der Waals surface area contributed by atoms with Crippen LogP contribution >= 0.6 is 0 Å². The summed E-state index contributed by atoms with van der Waals surface area (Å²) >= 11 is 0. The van der Waals surface area contributed by atoms with Gasteiger partial charge in [0, 0.05) is 11.8 Å². The maximum atomic E-state index is 13.3. The second-order valence-corrected chi connectivity index (χ2v) is 3.64. The molecule has 0 saturated heterocycles. The molecule has 17 heavy (non-hydrogen) atoms. The second kappa shape index (κ2) is 4.33. The van der Waals surface area contributed by atoms with E-state index in [1.54, 1.807) is 6.92 Å². The van der Waals surface area contributed by atoms with Crippen LogP contribution in [-0.2, 0) is 0 Å². The Morgan fingerprint density at radius 2 is 1.88 bits per heavy atom. The first-order chi connectivity index (χ1) is 8.09. The van der Waals surface area contributed by atoms with E-state index in [4.69, 9.17) is 0 Å². The first-order valence-electron chi connectivity index (χ1n) is 5.01. The lowest BCUT2D eigenvalue weighted by Crippen LogP contribution is -2.03. The molecule has 4 heteroatoms. The molecule has 0 N–H and O–H groups in total. The van der Waals surface area contributed by atoms with Crippen LogP contribution < -0.4 is 10.5 Å². The molecule has 0 amide bonds. The number of aromatic nitrogens is 1.